The van der Waals surface area contributed by atoms with Crippen LogP contribution in [0.5, 0.6) is 5.75 Å². The maximum atomic E-state index is 11.7. The van der Waals surface area contributed by atoms with E-state index in [1.165, 1.54) is 0 Å². The largest absolute Gasteiger partial charge is 0.482 e. The quantitative estimate of drug-likeness (QED) is 0.717. The maximum Gasteiger partial charge on any atom is 0.276 e. The second-order valence-corrected chi connectivity index (χ2v) is 6.27. The van der Waals surface area contributed by atoms with Crippen molar-refractivity contribution in [2.45, 2.75) is 12.8 Å². The van der Waals surface area contributed by atoms with Crippen LogP contribution in [0.3, 0.4) is 0 Å². The van der Waals surface area contributed by atoms with E-state index in [1.807, 2.05) is 30.3 Å². The van der Waals surface area contributed by atoms with E-state index >= 15 is 0 Å². The van der Waals surface area contributed by atoms with Crippen molar-refractivity contribution in [2.24, 2.45) is 0 Å². The minimum atomic E-state index is -0.470. The van der Waals surface area contributed by atoms with Crippen molar-refractivity contribution in [3.63, 3.8) is 0 Å². The molecule has 0 saturated carbocycles. The van der Waals surface area contributed by atoms with Gasteiger partial charge in [-0.05, 0) is 30.2 Å². The molecule has 2 rings (SSSR count). The van der Waals surface area contributed by atoms with E-state index < -0.39 is 5.91 Å². The molecule has 0 aliphatic carbocycles. The van der Waals surface area contributed by atoms with Crippen LogP contribution >= 0.6 is 27.5 Å². The Labute approximate surface area is 153 Å². The average Bonchev–Trinajstić information content (AvgIpc) is 2.58. The Morgan fingerprint density at radius 3 is 2.46 bits per heavy atom. The summed E-state index contributed by atoms with van der Waals surface area (Å²) in [5.74, 6) is -0.346. The zero-order chi connectivity index (χ0) is 17.4. The third kappa shape index (κ3) is 6.22. The number of ether oxygens (including phenoxy) is 1. The molecule has 0 saturated heterocycles. The molecule has 2 N–H and O–H groups in total. The molecular formula is C17H16BrClN2O3. The Morgan fingerprint density at radius 2 is 1.75 bits per heavy atom. The maximum absolute atomic E-state index is 11.7. The van der Waals surface area contributed by atoms with Crippen LogP contribution in [0.25, 0.3) is 0 Å². The Bertz CT molecular complexity index is 710. The smallest absolute Gasteiger partial charge is 0.276 e. The minimum Gasteiger partial charge on any atom is -0.482 e. The molecule has 5 nitrogen and oxygen atoms in total. The molecule has 0 heterocycles. The number of hydrogen-bond donors (Lipinski definition) is 2. The Balaban J connectivity index is 1.68. The van der Waals surface area contributed by atoms with Gasteiger partial charge in [0.1, 0.15) is 5.75 Å². The van der Waals surface area contributed by atoms with Gasteiger partial charge in [0.05, 0.1) is 5.02 Å². The highest BCUT2D eigenvalue weighted by Crippen LogP contribution is 2.27. The summed E-state index contributed by atoms with van der Waals surface area (Å²) < 4.78 is 6.11. The van der Waals surface area contributed by atoms with Crippen LogP contribution in [0.4, 0.5) is 0 Å². The van der Waals surface area contributed by atoms with Crippen molar-refractivity contribution in [3.05, 3.63) is 63.6 Å². The molecule has 0 atom stereocenters. The van der Waals surface area contributed by atoms with Gasteiger partial charge in [-0.25, -0.2) is 0 Å². The number of hydrazine groups is 1. The topological polar surface area (TPSA) is 67.4 Å². The summed E-state index contributed by atoms with van der Waals surface area (Å²) in [5, 5.41) is 0.393. The molecule has 2 amide bonds. The third-order valence-corrected chi connectivity index (χ3v) is 3.87. The first-order valence-corrected chi connectivity index (χ1v) is 8.41. The van der Waals surface area contributed by atoms with Crippen molar-refractivity contribution in [1.29, 1.82) is 0 Å². The van der Waals surface area contributed by atoms with Crippen molar-refractivity contribution < 1.29 is 14.3 Å². The molecular weight excluding hydrogens is 396 g/mol. The van der Waals surface area contributed by atoms with Gasteiger partial charge in [-0.15, -0.1) is 0 Å². The van der Waals surface area contributed by atoms with E-state index in [0.717, 1.165) is 10.0 Å². The number of rotatable bonds is 6. The zero-order valence-corrected chi connectivity index (χ0v) is 15.1. The van der Waals surface area contributed by atoms with Gasteiger partial charge in [0.15, 0.2) is 6.61 Å². The fourth-order valence-corrected chi connectivity index (χ4v) is 2.60. The van der Waals surface area contributed by atoms with Crippen LogP contribution in [-0.4, -0.2) is 18.4 Å². The average molecular weight is 412 g/mol. The summed E-state index contributed by atoms with van der Waals surface area (Å²) in [4.78, 5) is 23.4. The van der Waals surface area contributed by atoms with E-state index in [4.69, 9.17) is 16.3 Å². The molecule has 0 aliphatic rings. The first kappa shape index (κ1) is 18.3. The fourth-order valence-electron chi connectivity index (χ4n) is 1.88. The summed E-state index contributed by atoms with van der Waals surface area (Å²) >= 11 is 9.27. The van der Waals surface area contributed by atoms with Gasteiger partial charge in [-0.1, -0.05) is 57.9 Å². The van der Waals surface area contributed by atoms with Crippen molar-refractivity contribution >= 4 is 39.3 Å². The number of carbonyl (C=O) groups excluding carboxylic acids is 2. The first-order chi connectivity index (χ1) is 11.5. The Hall–Kier alpha value is -2.05. The number of halogens is 2. The van der Waals surface area contributed by atoms with Gasteiger partial charge < -0.3 is 4.74 Å². The second kappa shape index (κ2) is 9.30. The molecule has 0 fully saturated rings. The molecule has 7 heteroatoms. The molecule has 0 spiro atoms. The van der Waals surface area contributed by atoms with Crippen LogP contribution in [0.15, 0.2) is 53.0 Å². The van der Waals surface area contributed by atoms with E-state index in [-0.39, 0.29) is 18.9 Å². The second-order valence-electron chi connectivity index (χ2n) is 4.95. The number of hydrogen-bond acceptors (Lipinski definition) is 3. The van der Waals surface area contributed by atoms with Crippen LogP contribution in [-0.2, 0) is 16.0 Å². The van der Waals surface area contributed by atoms with E-state index in [0.29, 0.717) is 17.2 Å². The predicted octanol–water partition coefficient (Wildman–Crippen LogP) is 3.26. The van der Waals surface area contributed by atoms with Crippen molar-refractivity contribution in [3.8, 4) is 5.75 Å². The van der Waals surface area contributed by atoms with Gasteiger partial charge in [0.2, 0.25) is 5.91 Å². The molecule has 2 aromatic carbocycles. The van der Waals surface area contributed by atoms with E-state index in [2.05, 4.69) is 26.8 Å². The SMILES string of the molecule is O=C(CCc1ccccc1)NNC(=O)COc1ccc(Br)cc1Cl. The van der Waals surface area contributed by atoms with Crippen LogP contribution in [0, 0.1) is 0 Å². The molecule has 0 aliphatic heterocycles. The van der Waals surface area contributed by atoms with E-state index in [9.17, 15) is 9.59 Å². The summed E-state index contributed by atoms with van der Waals surface area (Å²) in [5.41, 5.74) is 5.72. The normalized spacial score (nSPS) is 10.1. The number of aryl methyl sites for hydroxylation is 1. The van der Waals surface area contributed by atoms with Gasteiger partial charge in [-0.2, -0.15) is 0 Å². The molecule has 2 aromatic rings. The van der Waals surface area contributed by atoms with E-state index in [1.54, 1.807) is 18.2 Å². The number of nitrogens with one attached hydrogen (secondary N) is 2. The molecule has 0 bridgehead atoms. The van der Waals surface area contributed by atoms with Crippen LogP contribution in [0.2, 0.25) is 5.02 Å². The van der Waals surface area contributed by atoms with Gasteiger partial charge >= 0.3 is 0 Å². The fraction of sp³-hybridized carbons (Fsp3) is 0.176. The monoisotopic (exact) mass is 410 g/mol. The van der Waals surface area contributed by atoms with Gasteiger partial charge in [0, 0.05) is 10.9 Å². The molecule has 0 aromatic heterocycles. The number of carbonyl (C=O) groups is 2. The number of amides is 2. The Morgan fingerprint density at radius 1 is 1.04 bits per heavy atom. The highest BCUT2D eigenvalue weighted by molar-refractivity contribution is 9.10. The standard InChI is InChI=1S/C17H16BrClN2O3/c18-13-7-8-15(14(19)10-13)24-11-17(23)21-20-16(22)9-6-12-4-2-1-3-5-12/h1-5,7-8,10H,6,9,11H2,(H,20,22)(H,21,23). The summed E-state index contributed by atoms with van der Waals surface area (Å²) in [6.45, 7) is -0.250. The van der Waals surface area contributed by atoms with Crippen LogP contribution in [0.1, 0.15) is 12.0 Å². The van der Waals surface area contributed by atoms with Crippen molar-refractivity contribution in [2.75, 3.05) is 6.61 Å². The molecule has 0 radical (unpaired) electrons. The summed E-state index contributed by atoms with van der Waals surface area (Å²) in [6.07, 6.45) is 0.886. The summed E-state index contributed by atoms with van der Waals surface area (Å²) in [6, 6.07) is 14.7. The minimum absolute atomic E-state index is 0.250. The lowest BCUT2D eigenvalue weighted by Crippen LogP contribution is -2.43. The van der Waals surface area contributed by atoms with Gasteiger partial charge in [0.25, 0.3) is 5.91 Å². The Kier molecular flexibility index (Phi) is 7.08. The van der Waals surface area contributed by atoms with Gasteiger partial charge in [-0.3, -0.25) is 20.4 Å². The van der Waals surface area contributed by atoms with Crippen molar-refractivity contribution in [1.82, 2.24) is 10.9 Å². The summed E-state index contributed by atoms with van der Waals surface area (Å²) in [7, 11) is 0. The highest BCUT2D eigenvalue weighted by Gasteiger charge is 2.08. The highest BCUT2D eigenvalue weighted by atomic mass is 79.9. The predicted molar refractivity (Wildman–Crippen MR) is 95.7 cm³/mol. The lowest BCUT2D eigenvalue weighted by Gasteiger charge is -2.10. The third-order valence-electron chi connectivity index (χ3n) is 3.08. The van der Waals surface area contributed by atoms with Crippen LogP contribution < -0.4 is 15.6 Å². The lowest BCUT2D eigenvalue weighted by molar-refractivity contribution is -0.130. The zero-order valence-electron chi connectivity index (χ0n) is 12.7. The first-order valence-electron chi connectivity index (χ1n) is 7.24. The molecule has 126 valence electrons. The number of benzene rings is 2. The lowest BCUT2D eigenvalue weighted by atomic mass is 10.1. The molecule has 0 unspecified atom stereocenters. The molecule has 24 heavy (non-hydrogen) atoms.